The van der Waals surface area contributed by atoms with Crippen LogP contribution in [0.25, 0.3) is 0 Å². The van der Waals surface area contributed by atoms with Crippen LogP contribution in [0.2, 0.25) is 0 Å². The van der Waals surface area contributed by atoms with Gasteiger partial charge in [-0.3, -0.25) is 9.59 Å². The molecule has 1 aromatic rings. The summed E-state index contributed by atoms with van der Waals surface area (Å²) in [4.78, 5) is 25.2. The Morgan fingerprint density at radius 1 is 1.26 bits per heavy atom. The fourth-order valence-electron chi connectivity index (χ4n) is 2.79. The van der Waals surface area contributed by atoms with Crippen LogP contribution in [-0.4, -0.2) is 29.8 Å². The Bertz CT molecular complexity index is 541. The number of rotatable bonds is 2. The van der Waals surface area contributed by atoms with Gasteiger partial charge in [-0.05, 0) is 29.7 Å². The van der Waals surface area contributed by atoms with E-state index in [0.29, 0.717) is 25.1 Å². The topological polar surface area (TPSA) is 75.4 Å². The molecule has 0 aromatic heterocycles. The number of likely N-dealkylation sites (tertiary alicyclic amines) is 1. The van der Waals surface area contributed by atoms with Gasteiger partial charge in [0.25, 0.3) is 5.91 Å². The van der Waals surface area contributed by atoms with E-state index in [1.807, 2.05) is 18.2 Å². The maximum atomic E-state index is 12.4. The number of nitrogens with zero attached hydrogens (tertiary/aromatic N) is 1. The minimum absolute atomic E-state index is 0.00144. The van der Waals surface area contributed by atoms with Crippen molar-refractivity contribution in [2.45, 2.75) is 19.5 Å². The molecule has 0 aliphatic carbocycles. The predicted molar refractivity (Wildman–Crippen MR) is 70.2 cm³/mol. The van der Waals surface area contributed by atoms with Gasteiger partial charge in [-0.15, -0.1) is 0 Å². The van der Waals surface area contributed by atoms with Crippen molar-refractivity contribution in [1.29, 1.82) is 0 Å². The minimum Gasteiger partial charge on any atom is -0.369 e. The van der Waals surface area contributed by atoms with E-state index in [9.17, 15) is 9.59 Å². The summed E-state index contributed by atoms with van der Waals surface area (Å²) in [5.74, 6) is -0.507. The number of amides is 2. The van der Waals surface area contributed by atoms with E-state index in [2.05, 4.69) is 5.32 Å². The van der Waals surface area contributed by atoms with Crippen molar-refractivity contribution in [3.63, 3.8) is 0 Å². The molecule has 0 radical (unpaired) electrons. The molecule has 1 unspecified atom stereocenters. The highest BCUT2D eigenvalue weighted by Gasteiger charge is 2.30. The lowest BCUT2D eigenvalue weighted by Gasteiger charge is -2.16. The van der Waals surface area contributed by atoms with E-state index >= 15 is 0 Å². The van der Waals surface area contributed by atoms with Gasteiger partial charge in [-0.25, -0.2) is 0 Å². The summed E-state index contributed by atoms with van der Waals surface area (Å²) >= 11 is 0. The molecule has 0 spiro atoms. The lowest BCUT2D eigenvalue weighted by atomic mass is 10.1. The van der Waals surface area contributed by atoms with Crippen LogP contribution in [0, 0.1) is 5.92 Å². The molecular weight excluding hydrogens is 242 g/mol. The third kappa shape index (κ3) is 2.21. The number of carbonyl (C=O) groups excluding carboxylic acids is 2. The SMILES string of the molecule is NC(=O)C1CCN(C(=O)c2ccc3c(c2)CNC3)C1. The lowest BCUT2D eigenvalue weighted by molar-refractivity contribution is -0.121. The van der Waals surface area contributed by atoms with Gasteiger partial charge in [0.1, 0.15) is 0 Å². The number of fused-ring (bicyclic) bond motifs is 1. The Morgan fingerprint density at radius 2 is 2.05 bits per heavy atom. The highest BCUT2D eigenvalue weighted by Crippen LogP contribution is 2.21. The highest BCUT2D eigenvalue weighted by atomic mass is 16.2. The molecule has 100 valence electrons. The first-order valence-electron chi connectivity index (χ1n) is 6.56. The fraction of sp³-hybridized carbons (Fsp3) is 0.429. The molecule has 2 aliphatic heterocycles. The second-order valence-corrected chi connectivity index (χ2v) is 5.23. The largest absolute Gasteiger partial charge is 0.369 e. The average Bonchev–Trinajstić information content (AvgIpc) is 3.06. The molecule has 3 N–H and O–H groups in total. The molecule has 19 heavy (non-hydrogen) atoms. The van der Waals surface area contributed by atoms with Crippen LogP contribution in [0.3, 0.4) is 0 Å². The third-order valence-electron chi connectivity index (χ3n) is 3.96. The van der Waals surface area contributed by atoms with Gasteiger partial charge >= 0.3 is 0 Å². The van der Waals surface area contributed by atoms with E-state index in [0.717, 1.165) is 13.1 Å². The second-order valence-electron chi connectivity index (χ2n) is 5.23. The average molecular weight is 259 g/mol. The van der Waals surface area contributed by atoms with Gasteiger partial charge in [0.15, 0.2) is 0 Å². The molecule has 1 fully saturated rings. The zero-order valence-corrected chi connectivity index (χ0v) is 10.7. The van der Waals surface area contributed by atoms with Gasteiger partial charge in [0.2, 0.25) is 5.91 Å². The van der Waals surface area contributed by atoms with Gasteiger partial charge in [-0.2, -0.15) is 0 Å². The standard InChI is InChI=1S/C14H17N3O2/c15-13(18)11-3-4-17(8-11)14(19)9-1-2-10-6-16-7-12(10)5-9/h1-2,5,11,16H,3-4,6-8H2,(H2,15,18). The fourth-order valence-corrected chi connectivity index (χ4v) is 2.79. The number of benzene rings is 1. The van der Waals surface area contributed by atoms with Gasteiger partial charge in [0.05, 0.1) is 5.92 Å². The van der Waals surface area contributed by atoms with Crippen molar-refractivity contribution in [3.8, 4) is 0 Å². The van der Waals surface area contributed by atoms with E-state index < -0.39 is 0 Å². The Hall–Kier alpha value is -1.88. The van der Waals surface area contributed by atoms with Crippen LogP contribution in [0.4, 0.5) is 0 Å². The Morgan fingerprint density at radius 3 is 2.79 bits per heavy atom. The molecule has 0 saturated carbocycles. The number of nitrogens with one attached hydrogen (secondary N) is 1. The molecule has 5 heteroatoms. The number of primary amides is 1. The van der Waals surface area contributed by atoms with Crippen LogP contribution in [0.1, 0.15) is 27.9 Å². The summed E-state index contributed by atoms with van der Waals surface area (Å²) in [6.07, 6.45) is 0.674. The number of nitrogens with two attached hydrogens (primary N) is 1. The summed E-state index contributed by atoms with van der Waals surface area (Å²) in [6, 6.07) is 5.82. The zero-order chi connectivity index (χ0) is 13.4. The molecule has 3 rings (SSSR count). The molecular formula is C14H17N3O2. The molecule has 0 bridgehead atoms. The van der Waals surface area contributed by atoms with Crippen LogP contribution >= 0.6 is 0 Å². The molecule has 1 aromatic carbocycles. The van der Waals surface area contributed by atoms with E-state index in [4.69, 9.17) is 5.73 Å². The monoisotopic (exact) mass is 259 g/mol. The van der Waals surface area contributed by atoms with Gasteiger partial charge < -0.3 is 16.0 Å². The Balaban J connectivity index is 1.76. The minimum atomic E-state index is -0.312. The van der Waals surface area contributed by atoms with Crippen LogP contribution < -0.4 is 11.1 Å². The van der Waals surface area contributed by atoms with E-state index in [1.54, 1.807) is 4.90 Å². The van der Waals surface area contributed by atoms with Crippen LogP contribution in [0.15, 0.2) is 18.2 Å². The van der Waals surface area contributed by atoms with Crippen molar-refractivity contribution in [3.05, 3.63) is 34.9 Å². The van der Waals surface area contributed by atoms with Gasteiger partial charge in [0, 0.05) is 31.7 Å². The van der Waals surface area contributed by atoms with Crippen molar-refractivity contribution < 1.29 is 9.59 Å². The molecule has 2 aliphatic rings. The van der Waals surface area contributed by atoms with Crippen LogP contribution in [-0.2, 0) is 17.9 Å². The molecule has 2 heterocycles. The molecule has 1 saturated heterocycles. The smallest absolute Gasteiger partial charge is 0.253 e. The zero-order valence-electron chi connectivity index (χ0n) is 10.7. The Labute approximate surface area is 111 Å². The summed E-state index contributed by atoms with van der Waals surface area (Å²) in [6.45, 7) is 2.75. The maximum absolute atomic E-state index is 12.4. The maximum Gasteiger partial charge on any atom is 0.253 e. The molecule has 1 atom stereocenters. The normalized spacial score (nSPS) is 21.5. The van der Waals surface area contributed by atoms with Crippen molar-refractivity contribution in [1.82, 2.24) is 10.2 Å². The lowest BCUT2D eigenvalue weighted by Crippen LogP contribution is -2.31. The second kappa shape index (κ2) is 4.66. The third-order valence-corrected chi connectivity index (χ3v) is 3.96. The highest BCUT2D eigenvalue weighted by molar-refractivity contribution is 5.95. The van der Waals surface area contributed by atoms with Crippen molar-refractivity contribution in [2.24, 2.45) is 11.7 Å². The first-order valence-corrected chi connectivity index (χ1v) is 6.56. The number of hydrogen-bond acceptors (Lipinski definition) is 3. The van der Waals surface area contributed by atoms with E-state index in [-0.39, 0.29) is 17.7 Å². The number of hydrogen-bond donors (Lipinski definition) is 2. The van der Waals surface area contributed by atoms with Gasteiger partial charge in [-0.1, -0.05) is 6.07 Å². The number of carbonyl (C=O) groups is 2. The summed E-state index contributed by atoms with van der Waals surface area (Å²) < 4.78 is 0. The quantitative estimate of drug-likeness (QED) is 0.798. The van der Waals surface area contributed by atoms with Crippen molar-refractivity contribution >= 4 is 11.8 Å². The molecule has 2 amide bonds. The summed E-state index contributed by atoms with van der Waals surface area (Å²) in [5.41, 5.74) is 8.44. The first kappa shape index (κ1) is 12.2. The summed E-state index contributed by atoms with van der Waals surface area (Å²) in [7, 11) is 0. The van der Waals surface area contributed by atoms with Crippen LogP contribution in [0.5, 0.6) is 0 Å². The molecule has 5 nitrogen and oxygen atoms in total. The van der Waals surface area contributed by atoms with E-state index in [1.165, 1.54) is 11.1 Å². The van der Waals surface area contributed by atoms with Crippen molar-refractivity contribution in [2.75, 3.05) is 13.1 Å². The first-order chi connectivity index (χ1) is 9.15. The summed E-state index contributed by atoms with van der Waals surface area (Å²) in [5, 5.41) is 3.26. The Kier molecular flexibility index (Phi) is 2.98. The predicted octanol–water partition coefficient (Wildman–Crippen LogP) is 0.237.